The second kappa shape index (κ2) is 7.67. The van der Waals surface area contributed by atoms with Gasteiger partial charge in [0.15, 0.2) is 17.5 Å². The van der Waals surface area contributed by atoms with Gasteiger partial charge in [0.05, 0.1) is 0 Å². The van der Waals surface area contributed by atoms with Gasteiger partial charge in [0.2, 0.25) is 5.91 Å². The molecule has 2 aliphatic carbocycles. The number of sulfonamides is 1. The molecule has 1 amide bonds. The molecule has 2 saturated carbocycles. The van der Waals surface area contributed by atoms with Crippen LogP contribution in [0.3, 0.4) is 0 Å². The van der Waals surface area contributed by atoms with Crippen molar-refractivity contribution in [2.45, 2.75) is 36.7 Å². The van der Waals surface area contributed by atoms with Crippen LogP contribution in [0.1, 0.15) is 24.8 Å². The van der Waals surface area contributed by atoms with Crippen LogP contribution in [-0.4, -0.2) is 41.9 Å². The number of fused-ring (bicyclic) bond motifs is 6. The Kier molecular flexibility index (Phi) is 4.93. The molecule has 34 heavy (non-hydrogen) atoms. The minimum atomic E-state index is -4.16. The van der Waals surface area contributed by atoms with Crippen LogP contribution >= 0.6 is 15.9 Å². The lowest BCUT2D eigenvalue weighted by atomic mass is 9.73. The van der Waals surface area contributed by atoms with Crippen LogP contribution in [0.4, 0.5) is 10.2 Å². The molecule has 3 heterocycles. The number of piperidine rings is 1. The van der Waals surface area contributed by atoms with Gasteiger partial charge in [0.1, 0.15) is 16.5 Å². The fraction of sp³-hybridized carbons (Fsp3) is 0.391. The summed E-state index contributed by atoms with van der Waals surface area (Å²) in [6.45, 7) is 0.217. The number of carbonyl (C=O) groups is 2. The lowest BCUT2D eigenvalue weighted by Crippen LogP contribution is -2.61. The summed E-state index contributed by atoms with van der Waals surface area (Å²) < 4.78 is 43.5. The zero-order chi connectivity index (χ0) is 23.8. The minimum Gasteiger partial charge on any atom is -0.333 e. The number of rotatable bonds is 3. The van der Waals surface area contributed by atoms with E-state index in [4.69, 9.17) is 0 Å². The van der Waals surface area contributed by atoms with Crippen molar-refractivity contribution >= 4 is 49.3 Å². The van der Waals surface area contributed by atoms with Crippen molar-refractivity contribution in [3.8, 4) is 0 Å². The third kappa shape index (κ3) is 3.31. The summed E-state index contributed by atoms with van der Waals surface area (Å²) >= 11 is 3.20. The molecule has 1 saturated heterocycles. The van der Waals surface area contributed by atoms with E-state index < -0.39 is 21.8 Å². The quantitative estimate of drug-likeness (QED) is 0.592. The van der Waals surface area contributed by atoms with Crippen molar-refractivity contribution in [1.29, 1.82) is 0 Å². The number of likely N-dealkylation sites (tertiary alicyclic amines) is 1. The monoisotopic (exact) mass is 546 g/mol. The number of benzene rings is 1. The van der Waals surface area contributed by atoms with Crippen molar-refractivity contribution < 1.29 is 22.4 Å². The van der Waals surface area contributed by atoms with Gasteiger partial charge in [-0.2, -0.15) is 8.42 Å². The predicted molar refractivity (Wildman–Crippen MR) is 124 cm³/mol. The molecule has 2 aromatic rings. The molecule has 8 nitrogen and oxygen atoms in total. The minimum absolute atomic E-state index is 0.0361. The first-order chi connectivity index (χ1) is 16.2. The number of nitrogens with one attached hydrogen (secondary N) is 1. The van der Waals surface area contributed by atoms with Crippen molar-refractivity contribution in [3.63, 3.8) is 0 Å². The molecule has 1 unspecified atom stereocenters. The fourth-order valence-corrected chi connectivity index (χ4v) is 7.73. The number of hydrogen-bond acceptors (Lipinski definition) is 6. The number of amides is 1. The summed E-state index contributed by atoms with van der Waals surface area (Å²) in [7, 11) is -4.16. The number of carbonyl (C=O) groups excluding carboxylic acids is 2. The molecule has 0 radical (unpaired) electrons. The van der Waals surface area contributed by atoms with E-state index in [9.17, 15) is 22.4 Å². The SMILES string of the molecule is O=C1C(C2=NS(=O)(=O)c3cc(Br)cnc3N2)C(=O)N(Cc2ccc(F)cc2)[C@H]2[C@@H]3CC[C@@H](C3)[C@@H]12. The van der Waals surface area contributed by atoms with Crippen LogP contribution in [-0.2, 0) is 26.2 Å². The topological polar surface area (TPSA) is 109 Å². The number of Topliss-reactive ketones (excluding diaryl/α,β-unsaturated/α-hetero) is 1. The van der Waals surface area contributed by atoms with Crippen LogP contribution in [0, 0.1) is 29.5 Å². The van der Waals surface area contributed by atoms with Crippen LogP contribution < -0.4 is 5.32 Å². The molecule has 1 aromatic carbocycles. The maximum absolute atomic E-state index is 13.8. The summed E-state index contributed by atoms with van der Waals surface area (Å²) in [6.07, 6.45) is 4.18. The first-order valence-corrected chi connectivity index (χ1v) is 13.3. The third-order valence-corrected chi connectivity index (χ3v) is 9.22. The van der Waals surface area contributed by atoms with Crippen LogP contribution in [0.5, 0.6) is 0 Å². The first-order valence-electron chi connectivity index (χ1n) is 11.1. The largest absolute Gasteiger partial charge is 0.333 e. The summed E-state index contributed by atoms with van der Waals surface area (Å²) in [6, 6.07) is 7.06. The lowest BCUT2D eigenvalue weighted by Gasteiger charge is -2.45. The van der Waals surface area contributed by atoms with Crippen LogP contribution in [0.25, 0.3) is 0 Å². The Bertz CT molecular complexity index is 1360. The number of amidine groups is 1. The van der Waals surface area contributed by atoms with Gasteiger partial charge >= 0.3 is 0 Å². The summed E-state index contributed by atoms with van der Waals surface area (Å²) in [5.41, 5.74) is 0.743. The number of hydrogen-bond donors (Lipinski definition) is 1. The zero-order valence-electron chi connectivity index (χ0n) is 17.8. The maximum atomic E-state index is 13.8. The van der Waals surface area contributed by atoms with E-state index in [1.54, 1.807) is 17.0 Å². The molecule has 1 N–H and O–H groups in total. The predicted octanol–water partition coefficient (Wildman–Crippen LogP) is 3.14. The first kappa shape index (κ1) is 21.8. The van der Waals surface area contributed by atoms with Gasteiger partial charge in [-0.1, -0.05) is 12.1 Å². The summed E-state index contributed by atoms with van der Waals surface area (Å²) in [5.74, 6) is -2.63. The highest BCUT2D eigenvalue weighted by atomic mass is 79.9. The van der Waals surface area contributed by atoms with Crippen molar-refractivity contribution in [1.82, 2.24) is 9.88 Å². The average molecular weight is 547 g/mol. The Labute approximate surface area is 203 Å². The number of nitrogens with zero attached hydrogens (tertiary/aromatic N) is 3. The summed E-state index contributed by atoms with van der Waals surface area (Å²) in [4.78, 5) is 33.2. The van der Waals surface area contributed by atoms with Gasteiger partial charge in [0, 0.05) is 29.2 Å². The number of pyridine rings is 1. The molecular formula is C23H20BrFN4O4S. The second-order valence-corrected chi connectivity index (χ2v) is 11.8. The average Bonchev–Trinajstić information content (AvgIpc) is 3.40. The molecule has 3 fully saturated rings. The summed E-state index contributed by atoms with van der Waals surface area (Å²) in [5, 5.41) is 2.85. The molecule has 1 aromatic heterocycles. The lowest BCUT2D eigenvalue weighted by molar-refractivity contribution is -0.153. The van der Waals surface area contributed by atoms with Crippen molar-refractivity contribution in [2.75, 3.05) is 5.32 Å². The molecule has 4 aliphatic rings. The number of ketones is 1. The molecule has 2 bridgehead atoms. The smallest absolute Gasteiger partial charge is 0.287 e. The van der Waals surface area contributed by atoms with Gasteiger partial charge in [-0.05, 0) is 70.8 Å². The fourth-order valence-electron chi connectivity index (χ4n) is 6.12. The molecule has 0 spiro atoms. The Morgan fingerprint density at radius 3 is 2.65 bits per heavy atom. The molecular weight excluding hydrogens is 527 g/mol. The Hall–Kier alpha value is -2.66. The Balaban J connectivity index is 1.41. The highest BCUT2D eigenvalue weighted by Crippen LogP contribution is 2.54. The van der Waals surface area contributed by atoms with Crippen LogP contribution in [0.2, 0.25) is 0 Å². The van der Waals surface area contributed by atoms with Gasteiger partial charge in [0.25, 0.3) is 10.0 Å². The number of halogens is 2. The van der Waals surface area contributed by atoms with E-state index in [1.165, 1.54) is 24.4 Å². The standard InChI is InChI=1S/C23H20BrFN4O4S/c24-14-8-16-21(26-9-14)27-22(28-34(16,32)33)18-20(30)17-12-3-4-13(7-12)19(17)29(23(18)31)10-11-1-5-15(25)6-2-11/h1-2,5-6,8-9,12-13,17-19H,3-4,7,10H2,(H,26,27,28)/t12-,13+,17+,18?,19-/m0/s1. The van der Waals surface area contributed by atoms with Crippen LogP contribution in [0.15, 0.2) is 50.3 Å². The zero-order valence-corrected chi connectivity index (χ0v) is 20.2. The molecule has 176 valence electrons. The van der Waals surface area contributed by atoms with E-state index in [-0.39, 0.29) is 58.5 Å². The molecule has 6 rings (SSSR count). The van der Waals surface area contributed by atoms with Gasteiger partial charge in [-0.3, -0.25) is 9.59 Å². The van der Waals surface area contributed by atoms with E-state index >= 15 is 0 Å². The normalized spacial score (nSPS) is 31.1. The van der Waals surface area contributed by atoms with Crippen molar-refractivity contribution in [3.05, 3.63) is 52.4 Å². The highest BCUT2D eigenvalue weighted by Gasteiger charge is 2.60. The molecule has 2 aliphatic heterocycles. The Morgan fingerprint density at radius 1 is 1.15 bits per heavy atom. The third-order valence-electron chi connectivity index (χ3n) is 7.48. The second-order valence-electron chi connectivity index (χ2n) is 9.35. The Morgan fingerprint density at radius 2 is 1.88 bits per heavy atom. The van der Waals surface area contributed by atoms with E-state index in [0.29, 0.717) is 4.47 Å². The maximum Gasteiger partial charge on any atom is 0.287 e. The molecule has 11 heteroatoms. The van der Waals surface area contributed by atoms with Gasteiger partial charge < -0.3 is 10.2 Å². The van der Waals surface area contributed by atoms with E-state index in [0.717, 1.165) is 24.8 Å². The van der Waals surface area contributed by atoms with E-state index in [1.807, 2.05) is 0 Å². The van der Waals surface area contributed by atoms with Gasteiger partial charge in [-0.25, -0.2) is 9.37 Å². The number of aromatic nitrogens is 1. The van der Waals surface area contributed by atoms with E-state index in [2.05, 4.69) is 30.6 Å². The highest BCUT2D eigenvalue weighted by molar-refractivity contribution is 9.10. The van der Waals surface area contributed by atoms with Gasteiger partial charge in [-0.15, -0.1) is 4.40 Å². The molecule has 5 atom stereocenters. The van der Waals surface area contributed by atoms with Crippen molar-refractivity contribution in [2.24, 2.45) is 28.1 Å². The number of anilines is 1.